The fraction of sp³-hybridized carbons (Fsp3) is 0.208. The molecule has 3 aromatic carbocycles. The Morgan fingerprint density at radius 1 is 0.815 bits per heavy atom. The first kappa shape index (κ1) is 19.1. The number of rotatable bonds is 7. The van der Waals surface area contributed by atoms with Crippen molar-refractivity contribution in [1.29, 1.82) is 0 Å². The van der Waals surface area contributed by atoms with Gasteiger partial charge in [-0.25, -0.2) is 0 Å². The van der Waals surface area contributed by atoms with Gasteiger partial charge in [0.15, 0.2) is 5.11 Å². The maximum atomic E-state index is 5.51. The standard InChI is InChI=1S/C24H26N2S/c1-2-19-11-9-10-16-23(19)26-24(27)25-18-17-22(20-12-5-3-6-13-20)21-14-7-4-8-15-21/h3-16,22H,2,17-18H2,1H3,(H2,25,26,27). The molecule has 0 saturated carbocycles. The van der Waals surface area contributed by atoms with Crippen LogP contribution in [0.25, 0.3) is 0 Å². The summed E-state index contributed by atoms with van der Waals surface area (Å²) in [5.74, 6) is 0.352. The first-order valence-electron chi connectivity index (χ1n) is 9.50. The van der Waals surface area contributed by atoms with E-state index in [1.54, 1.807) is 0 Å². The topological polar surface area (TPSA) is 24.1 Å². The van der Waals surface area contributed by atoms with E-state index in [1.807, 2.05) is 6.07 Å². The van der Waals surface area contributed by atoms with Crippen LogP contribution in [0.15, 0.2) is 84.9 Å². The predicted octanol–water partition coefficient (Wildman–Crippen LogP) is 5.76. The van der Waals surface area contributed by atoms with Crippen LogP contribution in [-0.2, 0) is 6.42 Å². The third kappa shape index (κ3) is 5.41. The van der Waals surface area contributed by atoms with E-state index in [0.29, 0.717) is 11.0 Å². The van der Waals surface area contributed by atoms with Crippen LogP contribution in [0.4, 0.5) is 5.69 Å². The van der Waals surface area contributed by atoms with Gasteiger partial charge in [-0.3, -0.25) is 0 Å². The minimum Gasteiger partial charge on any atom is -0.362 e. The molecule has 0 fully saturated rings. The fourth-order valence-corrected chi connectivity index (χ4v) is 3.56. The van der Waals surface area contributed by atoms with Crippen LogP contribution in [0.3, 0.4) is 0 Å². The van der Waals surface area contributed by atoms with Crippen LogP contribution in [-0.4, -0.2) is 11.7 Å². The van der Waals surface area contributed by atoms with Crippen LogP contribution >= 0.6 is 12.2 Å². The normalized spacial score (nSPS) is 10.6. The quantitative estimate of drug-likeness (QED) is 0.514. The van der Waals surface area contributed by atoms with Crippen molar-refractivity contribution in [3.63, 3.8) is 0 Å². The summed E-state index contributed by atoms with van der Waals surface area (Å²) in [4.78, 5) is 0. The number of benzene rings is 3. The zero-order chi connectivity index (χ0) is 18.9. The van der Waals surface area contributed by atoms with Crippen molar-refractivity contribution in [2.75, 3.05) is 11.9 Å². The van der Waals surface area contributed by atoms with Crippen molar-refractivity contribution in [3.8, 4) is 0 Å². The summed E-state index contributed by atoms with van der Waals surface area (Å²) in [6.45, 7) is 2.97. The van der Waals surface area contributed by atoms with Gasteiger partial charge in [-0.15, -0.1) is 0 Å². The highest BCUT2D eigenvalue weighted by atomic mass is 32.1. The maximum absolute atomic E-state index is 5.51. The molecule has 138 valence electrons. The molecule has 2 nitrogen and oxygen atoms in total. The molecule has 3 aromatic rings. The van der Waals surface area contributed by atoms with Crippen molar-refractivity contribution in [2.24, 2.45) is 0 Å². The van der Waals surface area contributed by atoms with Crippen LogP contribution < -0.4 is 10.6 Å². The Balaban J connectivity index is 1.62. The lowest BCUT2D eigenvalue weighted by Gasteiger charge is -2.19. The smallest absolute Gasteiger partial charge is 0.170 e. The lowest BCUT2D eigenvalue weighted by Crippen LogP contribution is -2.30. The highest BCUT2D eigenvalue weighted by Crippen LogP contribution is 2.27. The van der Waals surface area contributed by atoms with Gasteiger partial charge in [-0.1, -0.05) is 85.8 Å². The fourth-order valence-electron chi connectivity index (χ4n) is 3.34. The number of hydrogen-bond acceptors (Lipinski definition) is 1. The first-order chi connectivity index (χ1) is 13.3. The molecule has 0 aliphatic rings. The van der Waals surface area contributed by atoms with Crippen molar-refractivity contribution >= 4 is 23.0 Å². The SMILES string of the molecule is CCc1ccccc1NC(=S)NCCC(c1ccccc1)c1ccccc1. The van der Waals surface area contributed by atoms with E-state index >= 15 is 0 Å². The Morgan fingerprint density at radius 2 is 1.37 bits per heavy atom. The summed E-state index contributed by atoms with van der Waals surface area (Å²) in [6, 6.07) is 29.6. The average Bonchev–Trinajstić information content (AvgIpc) is 2.73. The van der Waals surface area contributed by atoms with Gasteiger partial charge < -0.3 is 10.6 Å². The molecule has 2 N–H and O–H groups in total. The van der Waals surface area contributed by atoms with Gasteiger partial charge in [-0.05, 0) is 47.8 Å². The molecule has 0 aliphatic heterocycles. The zero-order valence-corrected chi connectivity index (χ0v) is 16.5. The van der Waals surface area contributed by atoms with Gasteiger partial charge in [0.25, 0.3) is 0 Å². The van der Waals surface area contributed by atoms with Crippen LogP contribution in [0, 0.1) is 0 Å². The number of para-hydroxylation sites is 1. The molecule has 0 atom stereocenters. The minimum atomic E-state index is 0.352. The van der Waals surface area contributed by atoms with E-state index < -0.39 is 0 Å². The van der Waals surface area contributed by atoms with E-state index in [4.69, 9.17) is 12.2 Å². The molecule has 0 aliphatic carbocycles. The minimum absolute atomic E-state index is 0.352. The third-order valence-electron chi connectivity index (χ3n) is 4.77. The highest BCUT2D eigenvalue weighted by Gasteiger charge is 2.13. The van der Waals surface area contributed by atoms with E-state index in [0.717, 1.165) is 25.1 Å². The molecule has 3 heteroatoms. The molecule has 0 unspecified atom stereocenters. The lowest BCUT2D eigenvalue weighted by atomic mass is 9.88. The second kappa shape index (κ2) is 9.89. The second-order valence-electron chi connectivity index (χ2n) is 6.55. The van der Waals surface area contributed by atoms with Gasteiger partial charge in [0, 0.05) is 18.2 Å². The average molecular weight is 375 g/mol. The molecule has 0 heterocycles. The van der Waals surface area contributed by atoms with Crippen LogP contribution in [0.1, 0.15) is 36.0 Å². The summed E-state index contributed by atoms with van der Waals surface area (Å²) < 4.78 is 0. The summed E-state index contributed by atoms with van der Waals surface area (Å²) in [7, 11) is 0. The molecule has 0 amide bonds. The Hall–Kier alpha value is -2.65. The maximum Gasteiger partial charge on any atom is 0.170 e. The molecule has 0 aromatic heterocycles. The van der Waals surface area contributed by atoms with Crippen molar-refractivity contribution in [2.45, 2.75) is 25.7 Å². The number of thiocarbonyl (C=S) groups is 1. The van der Waals surface area contributed by atoms with Crippen molar-refractivity contribution < 1.29 is 0 Å². The van der Waals surface area contributed by atoms with Gasteiger partial charge >= 0.3 is 0 Å². The first-order valence-corrected chi connectivity index (χ1v) is 9.91. The number of hydrogen-bond donors (Lipinski definition) is 2. The highest BCUT2D eigenvalue weighted by molar-refractivity contribution is 7.80. The van der Waals surface area contributed by atoms with E-state index in [2.05, 4.69) is 96.4 Å². The van der Waals surface area contributed by atoms with Gasteiger partial charge in [-0.2, -0.15) is 0 Å². The Kier molecular flexibility index (Phi) is 7.00. The number of nitrogens with one attached hydrogen (secondary N) is 2. The van der Waals surface area contributed by atoms with E-state index in [9.17, 15) is 0 Å². The van der Waals surface area contributed by atoms with E-state index in [1.165, 1.54) is 16.7 Å². The molecule has 0 bridgehead atoms. The monoisotopic (exact) mass is 374 g/mol. The van der Waals surface area contributed by atoms with Crippen LogP contribution in [0.5, 0.6) is 0 Å². The number of anilines is 1. The van der Waals surface area contributed by atoms with E-state index in [-0.39, 0.29) is 0 Å². The molecule has 0 radical (unpaired) electrons. The molecule has 0 spiro atoms. The van der Waals surface area contributed by atoms with Crippen molar-refractivity contribution in [3.05, 3.63) is 102 Å². The summed E-state index contributed by atoms with van der Waals surface area (Å²) >= 11 is 5.51. The molecular formula is C24H26N2S. The van der Waals surface area contributed by atoms with Gasteiger partial charge in [0.05, 0.1) is 0 Å². The summed E-state index contributed by atoms with van der Waals surface area (Å²) in [5.41, 5.74) is 5.02. The number of aryl methyl sites for hydroxylation is 1. The molecule has 27 heavy (non-hydrogen) atoms. The largest absolute Gasteiger partial charge is 0.362 e. The zero-order valence-electron chi connectivity index (χ0n) is 15.7. The molecule has 3 rings (SSSR count). The van der Waals surface area contributed by atoms with Gasteiger partial charge in [0.2, 0.25) is 0 Å². The summed E-state index contributed by atoms with van der Waals surface area (Å²) in [6.07, 6.45) is 1.96. The Labute approximate surface area is 167 Å². The summed E-state index contributed by atoms with van der Waals surface area (Å²) in [5, 5.41) is 7.38. The predicted molar refractivity (Wildman–Crippen MR) is 119 cm³/mol. The second-order valence-corrected chi connectivity index (χ2v) is 6.96. The Morgan fingerprint density at radius 3 is 1.96 bits per heavy atom. The third-order valence-corrected chi connectivity index (χ3v) is 5.02. The van der Waals surface area contributed by atoms with Crippen molar-refractivity contribution in [1.82, 2.24) is 5.32 Å². The molecular weight excluding hydrogens is 348 g/mol. The van der Waals surface area contributed by atoms with Crippen LogP contribution in [0.2, 0.25) is 0 Å². The molecule has 0 saturated heterocycles. The lowest BCUT2D eigenvalue weighted by molar-refractivity contribution is 0.694. The Bertz CT molecular complexity index is 807. The van der Waals surface area contributed by atoms with Gasteiger partial charge in [0.1, 0.15) is 0 Å².